The van der Waals surface area contributed by atoms with Gasteiger partial charge in [-0.2, -0.15) is 5.06 Å². The first-order valence-electron chi connectivity index (χ1n) is 15.6. The van der Waals surface area contributed by atoms with E-state index in [9.17, 15) is 25.2 Å². The highest BCUT2D eigenvalue weighted by Crippen LogP contribution is 2.70. The summed E-state index contributed by atoms with van der Waals surface area (Å²) in [4.78, 5) is 20.4. The number of hydrogen-bond donors (Lipinski definition) is 4. The van der Waals surface area contributed by atoms with Crippen LogP contribution >= 0.6 is 0 Å². The number of ether oxygens (including phenoxy) is 2. The molecular formula is C30H46N4O8. The second-order valence-corrected chi connectivity index (χ2v) is 14.2. The topological polar surface area (TPSA) is 178 Å². The fourth-order valence-electron chi connectivity index (χ4n) is 10.6. The zero-order valence-electron chi connectivity index (χ0n) is 24.8. The predicted molar refractivity (Wildman–Crippen MR) is 149 cm³/mol. The molecule has 0 amide bonds. The van der Waals surface area contributed by atoms with Crippen LogP contribution < -0.4 is 0 Å². The summed E-state index contributed by atoms with van der Waals surface area (Å²) in [5, 5.41) is 49.1. The molecule has 12 heteroatoms. The molecule has 2 aliphatic heterocycles. The van der Waals surface area contributed by atoms with Crippen LogP contribution in [0.15, 0.2) is 16.8 Å². The van der Waals surface area contributed by atoms with Crippen LogP contribution in [0.1, 0.15) is 71.6 Å². The Morgan fingerprint density at radius 2 is 1.90 bits per heavy atom. The lowest BCUT2D eigenvalue weighted by molar-refractivity contribution is -0.331. The number of nitrogens with zero attached hydrogens (tertiary/aromatic N) is 4. The number of azide groups is 1. The molecule has 6 aliphatic rings. The molecule has 0 spiro atoms. The number of fused-ring (bicyclic) bond motifs is 5. The van der Waals surface area contributed by atoms with Crippen molar-refractivity contribution >= 4 is 5.97 Å². The Labute approximate surface area is 246 Å². The Morgan fingerprint density at radius 3 is 2.57 bits per heavy atom. The summed E-state index contributed by atoms with van der Waals surface area (Å²) in [5.41, 5.74) is 9.06. The molecule has 0 radical (unpaired) electrons. The van der Waals surface area contributed by atoms with Crippen molar-refractivity contribution in [1.29, 1.82) is 0 Å². The standard InChI is InChI=1S/C30H46N4O8/c1-28-9-6-18(34(40-3)27-26(38)24(32-33-31)25(37)22(14-35)42-27)13-17(28)4-5-21-20(28)7-10-29(2)19(8-11-30(21,29)39)16-12-23(36)41-15-16/h12,17-22,24-27,35,37-39H,4-11,13-15H2,1-3H3/t17-,18+,19-,20+,21-,22-,24?,25-,26-,27-,28+,29-,30+/m1/s1. The maximum Gasteiger partial charge on any atom is 0.331 e. The first-order chi connectivity index (χ1) is 20.0. The third-order valence-corrected chi connectivity index (χ3v) is 12.8. The maximum atomic E-state index is 12.5. The van der Waals surface area contributed by atoms with E-state index in [0.29, 0.717) is 18.4 Å². The van der Waals surface area contributed by atoms with Crippen LogP contribution in [0.5, 0.6) is 0 Å². The highest BCUT2D eigenvalue weighted by molar-refractivity contribution is 5.85. The maximum absolute atomic E-state index is 12.5. The van der Waals surface area contributed by atoms with Gasteiger partial charge in [0.1, 0.15) is 18.8 Å². The zero-order valence-corrected chi connectivity index (χ0v) is 24.8. The van der Waals surface area contributed by atoms with Gasteiger partial charge in [0, 0.05) is 22.4 Å². The van der Waals surface area contributed by atoms with Crippen molar-refractivity contribution in [3.63, 3.8) is 0 Å². The van der Waals surface area contributed by atoms with Crippen molar-refractivity contribution in [2.45, 2.75) is 114 Å². The molecule has 1 unspecified atom stereocenters. The van der Waals surface area contributed by atoms with E-state index in [-0.39, 0.29) is 34.7 Å². The number of carbonyl (C=O) groups is 1. The molecule has 42 heavy (non-hydrogen) atoms. The summed E-state index contributed by atoms with van der Waals surface area (Å²) in [6.45, 7) is 4.49. The SMILES string of the molecule is CON([C@H]1CC[C@@]2(C)[C@H](CC[C@@H]3[C@@H]2CC[C@]2(C)[C@@H](C4=CC(=O)OC4)CC[C@]32O)C1)[C@@H]1O[C@H](CO)[C@@H](O)C(N=[N+]=[N-])[C@H]1O. The lowest BCUT2D eigenvalue weighted by Gasteiger charge is -2.64. The van der Waals surface area contributed by atoms with Crippen LogP contribution in [-0.2, 0) is 19.1 Å². The van der Waals surface area contributed by atoms with Crippen molar-refractivity contribution in [3.8, 4) is 0 Å². The van der Waals surface area contributed by atoms with Gasteiger partial charge in [0.15, 0.2) is 6.23 Å². The molecule has 234 valence electrons. The highest BCUT2D eigenvalue weighted by atomic mass is 16.7. The molecule has 1 saturated heterocycles. The van der Waals surface area contributed by atoms with Crippen molar-refractivity contribution in [2.24, 2.45) is 39.6 Å². The lowest BCUT2D eigenvalue weighted by atomic mass is 9.43. The van der Waals surface area contributed by atoms with Gasteiger partial charge in [-0.25, -0.2) is 4.79 Å². The molecule has 0 bridgehead atoms. The zero-order chi connectivity index (χ0) is 30.0. The smallest absolute Gasteiger partial charge is 0.331 e. The van der Waals surface area contributed by atoms with Gasteiger partial charge < -0.3 is 29.9 Å². The van der Waals surface area contributed by atoms with E-state index < -0.39 is 42.8 Å². The number of hydroxylamine groups is 2. The number of hydrogen-bond acceptors (Lipinski definition) is 10. The molecule has 0 aromatic carbocycles. The quantitative estimate of drug-likeness (QED) is 0.119. The summed E-state index contributed by atoms with van der Waals surface area (Å²) in [6, 6.07) is -1.25. The van der Waals surface area contributed by atoms with E-state index >= 15 is 0 Å². The van der Waals surface area contributed by atoms with Crippen LogP contribution in [0.25, 0.3) is 10.4 Å². The molecule has 0 aromatic heterocycles. The third-order valence-electron chi connectivity index (χ3n) is 12.8. The lowest BCUT2D eigenvalue weighted by Crippen LogP contribution is -2.65. The summed E-state index contributed by atoms with van der Waals surface area (Å²) in [6.07, 6.45) is 5.02. The molecule has 13 atom stereocenters. The van der Waals surface area contributed by atoms with E-state index in [1.807, 2.05) is 0 Å². The fraction of sp³-hybridized carbons (Fsp3) is 0.900. The first kappa shape index (κ1) is 30.3. The van der Waals surface area contributed by atoms with E-state index in [1.165, 1.54) is 7.11 Å². The van der Waals surface area contributed by atoms with Crippen LogP contribution in [0.4, 0.5) is 0 Å². The minimum Gasteiger partial charge on any atom is -0.458 e. The molecule has 4 saturated carbocycles. The summed E-state index contributed by atoms with van der Waals surface area (Å²) in [5.74, 6) is 0.882. The normalized spacial score (nSPS) is 50.3. The van der Waals surface area contributed by atoms with Gasteiger partial charge in [-0.15, -0.1) is 0 Å². The Bertz CT molecular complexity index is 1150. The Morgan fingerprint density at radius 1 is 1.12 bits per heavy atom. The highest BCUT2D eigenvalue weighted by Gasteiger charge is 2.68. The molecule has 4 aliphatic carbocycles. The van der Waals surface area contributed by atoms with Gasteiger partial charge >= 0.3 is 5.97 Å². The minimum atomic E-state index is -1.34. The number of esters is 1. The van der Waals surface area contributed by atoms with Gasteiger partial charge in [-0.3, -0.25) is 4.84 Å². The second-order valence-electron chi connectivity index (χ2n) is 14.2. The molecule has 0 aromatic rings. The van der Waals surface area contributed by atoms with Crippen molar-refractivity contribution in [2.75, 3.05) is 20.3 Å². The van der Waals surface area contributed by atoms with Gasteiger partial charge in [0.25, 0.3) is 0 Å². The number of cyclic esters (lactones) is 1. The number of carbonyl (C=O) groups excluding carboxylic acids is 1. The minimum absolute atomic E-state index is 0.0448. The molecule has 5 fully saturated rings. The van der Waals surface area contributed by atoms with Gasteiger partial charge in [-0.05, 0) is 98.0 Å². The average molecular weight is 591 g/mol. The van der Waals surface area contributed by atoms with Crippen LogP contribution in [0, 0.1) is 34.5 Å². The predicted octanol–water partition coefficient (Wildman–Crippen LogP) is 2.59. The van der Waals surface area contributed by atoms with Gasteiger partial charge in [-0.1, -0.05) is 19.0 Å². The largest absolute Gasteiger partial charge is 0.458 e. The first-order valence-corrected chi connectivity index (χ1v) is 15.6. The third kappa shape index (κ3) is 4.36. The summed E-state index contributed by atoms with van der Waals surface area (Å²) in [7, 11) is 1.52. The Kier molecular flexibility index (Phi) is 7.93. The van der Waals surface area contributed by atoms with Crippen molar-refractivity contribution in [1.82, 2.24) is 5.06 Å². The number of rotatable bonds is 6. The molecule has 12 nitrogen and oxygen atoms in total. The average Bonchev–Trinajstić information content (AvgIpc) is 3.52. The van der Waals surface area contributed by atoms with Gasteiger partial charge in [0.05, 0.1) is 31.5 Å². The van der Waals surface area contributed by atoms with E-state index in [1.54, 1.807) is 11.1 Å². The van der Waals surface area contributed by atoms with Crippen molar-refractivity contribution in [3.05, 3.63) is 22.1 Å². The molecular weight excluding hydrogens is 544 g/mol. The number of aliphatic hydroxyl groups is 4. The number of aliphatic hydroxyl groups excluding tert-OH is 3. The Balaban J connectivity index is 1.20. The van der Waals surface area contributed by atoms with Gasteiger partial charge in [0.2, 0.25) is 0 Å². The van der Waals surface area contributed by atoms with Crippen molar-refractivity contribution < 1.29 is 39.5 Å². The van der Waals surface area contributed by atoms with Crippen LogP contribution in [0.2, 0.25) is 0 Å². The summed E-state index contributed by atoms with van der Waals surface area (Å²) < 4.78 is 11.2. The van der Waals surface area contributed by atoms with E-state index in [4.69, 9.17) is 19.8 Å². The van der Waals surface area contributed by atoms with Crippen LogP contribution in [-0.4, -0.2) is 94.0 Å². The monoisotopic (exact) mass is 590 g/mol. The molecule has 6 rings (SSSR count). The molecule has 4 N–H and O–H groups in total. The second kappa shape index (κ2) is 11.0. The summed E-state index contributed by atoms with van der Waals surface area (Å²) >= 11 is 0. The van der Waals surface area contributed by atoms with E-state index in [2.05, 4.69) is 23.9 Å². The fourth-order valence-corrected chi connectivity index (χ4v) is 10.6. The van der Waals surface area contributed by atoms with Crippen LogP contribution in [0.3, 0.4) is 0 Å². The Hall–Kier alpha value is -1.76. The van der Waals surface area contributed by atoms with E-state index in [0.717, 1.165) is 63.4 Å². The molecule has 2 heterocycles.